The van der Waals surface area contributed by atoms with Crippen molar-refractivity contribution in [3.63, 3.8) is 0 Å². The Labute approximate surface area is 202 Å². The molecule has 1 atom stereocenters. The van der Waals surface area contributed by atoms with Crippen molar-refractivity contribution in [2.45, 2.75) is 9.97 Å². The second kappa shape index (κ2) is 9.55. The normalized spacial score (nSPS) is 12.8. The topological polar surface area (TPSA) is 95.6 Å². The molecule has 2 aromatic carbocycles. The van der Waals surface area contributed by atoms with Crippen molar-refractivity contribution in [1.82, 2.24) is 0 Å². The van der Waals surface area contributed by atoms with Crippen molar-refractivity contribution in [1.29, 1.82) is 0 Å². The minimum Gasteiger partial charge on any atom is -0.872 e. The molecule has 0 spiro atoms. The standard InChI is InChI=1S/C15H12I3NO4.Na/c16-11-5-9(23-10-3-4-13(20)12(17)6-10)2-1-8(11)7-15(18,19)14(21)22;/h1-6,20H,7,19H2,(H,21,22);/q;+1/p-1/t15-;/m1./s1. The van der Waals surface area contributed by atoms with Crippen molar-refractivity contribution in [2.24, 2.45) is 5.73 Å². The van der Waals surface area contributed by atoms with Gasteiger partial charge in [0, 0.05) is 13.6 Å². The molecular weight excluding hydrogens is 662 g/mol. The number of halogens is 3. The van der Waals surface area contributed by atoms with Gasteiger partial charge in [0.2, 0.25) is 0 Å². The summed E-state index contributed by atoms with van der Waals surface area (Å²) in [4.78, 5) is 11.1. The molecule has 3 N–H and O–H groups in total. The zero-order valence-corrected chi connectivity index (χ0v) is 21.0. The van der Waals surface area contributed by atoms with Gasteiger partial charge in [0.15, 0.2) is 3.55 Å². The summed E-state index contributed by atoms with van der Waals surface area (Å²) in [6.45, 7) is 0. The van der Waals surface area contributed by atoms with E-state index in [1.807, 2.05) is 28.7 Å². The first-order valence-corrected chi connectivity index (χ1v) is 9.57. The van der Waals surface area contributed by atoms with Crippen LogP contribution < -0.4 is 45.1 Å². The maximum atomic E-state index is 11.4. The van der Waals surface area contributed by atoms with Crippen molar-refractivity contribution >= 4 is 73.7 Å². The summed E-state index contributed by atoms with van der Waals surface area (Å²) in [5, 5.41) is 20.5. The molecule has 24 heavy (non-hydrogen) atoms. The molecule has 0 amide bonds. The van der Waals surface area contributed by atoms with Crippen LogP contribution in [-0.4, -0.2) is 14.6 Å². The molecule has 9 heteroatoms. The Hall–Kier alpha value is 0.660. The first-order valence-electron chi connectivity index (χ1n) is 6.33. The number of hydrogen-bond acceptors (Lipinski definition) is 4. The molecule has 0 unspecified atom stereocenters. The van der Waals surface area contributed by atoms with Crippen LogP contribution in [0, 0.1) is 7.14 Å². The van der Waals surface area contributed by atoms with Crippen molar-refractivity contribution in [3.05, 3.63) is 49.1 Å². The van der Waals surface area contributed by atoms with Gasteiger partial charge < -0.3 is 20.7 Å². The molecule has 122 valence electrons. The van der Waals surface area contributed by atoms with Gasteiger partial charge in [-0.2, -0.15) is 0 Å². The Kier molecular flexibility index (Phi) is 9.04. The Bertz CT molecular complexity index is 755. The monoisotopic (exact) mass is 673 g/mol. The van der Waals surface area contributed by atoms with Gasteiger partial charge >= 0.3 is 35.5 Å². The molecule has 0 aromatic heterocycles. The van der Waals surface area contributed by atoms with Gasteiger partial charge in [-0.15, -0.1) is 0 Å². The summed E-state index contributed by atoms with van der Waals surface area (Å²) < 4.78 is 5.84. The van der Waals surface area contributed by atoms with E-state index in [4.69, 9.17) is 15.6 Å². The number of rotatable bonds is 5. The third-order valence-corrected chi connectivity index (χ3v) is 5.66. The van der Waals surface area contributed by atoms with E-state index in [9.17, 15) is 9.90 Å². The van der Waals surface area contributed by atoms with Crippen LogP contribution in [0.25, 0.3) is 0 Å². The van der Waals surface area contributed by atoms with Crippen LogP contribution in [-0.2, 0) is 11.2 Å². The van der Waals surface area contributed by atoms with Crippen LogP contribution in [0.4, 0.5) is 0 Å². The van der Waals surface area contributed by atoms with Crippen LogP contribution in [0.2, 0.25) is 0 Å². The summed E-state index contributed by atoms with van der Waals surface area (Å²) in [7, 11) is 0. The molecule has 0 aliphatic rings. The smallest absolute Gasteiger partial charge is 0.872 e. The second-order valence-electron chi connectivity index (χ2n) is 4.79. The van der Waals surface area contributed by atoms with Gasteiger partial charge in [-0.1, -0.05) is 17.9 Å². The maximum absolute atomic E-state index is 11.4. The largest absolute Gasteiger partial charge is 1.00 e. The van der Waals surface area contributed by atoms with E-state index >= 15 is 0 Å². The van der Waals surface area contributed by atoms with Gasteiger partial charge in [0.05, 0.1) is 0 Å². The van der Waals surface area contributed by atoms with E-state index in [0.29, 0.717) is 15.1 Å². The fourth-order valence-corrected chi connectivity index (χ4v) is 3.34. The van der Waals surface area contributed by atoms with Gasteiger partial charge in [-0.25, -0.2) is 4.79 Å². The van der Waals surface area contributed by atoms with Gasteiger partial charge in [0.25, 0.3) is 0 Å². The van der Waals surface area contributed by atoms with Crippen LogP contribution in [0.15, 0.2) is 36.4 Å². The molecule has 0 saturated heterocycles. The Morgan fingerprint density at radius 2 is 1.71 bits per heavy atom. The Balaban J connectivity index is 0.00000288. The summed E-state index contributed by atoms with van der Waals surface area (Å²) >= 11 is 5.82. The predicted molar refractivity (Wildman–Crippen MR) is 110 cm³/mol. The number of benzene rings is 2. The molecular formula is C15H11I3NNaO4. The average Bonchev–Trinajstić information content (AvgIpc) is 2.45. The minimum atomic E-state index is -1.35. The second-order valence-corrected chi connectivity index (χ2v) is 9.04. The molecule has 0 aliphatic carbocycles. The number of carboxylic acid groups (broad SMARTS) is 1. The van der Waals surface area contributed by atoms with Crippen molar-refractivity contribution in [3.8, 4) is 17.2 Å². The van der Waals surface area contributed by atoms with E-state index < -0.39 is 9.51 Å². The summed E-state index contributed by atoms with van der Waals surface area (Å²) in [5.74, 6) is 0.0866. The van der Waals surface area contributed by atoms with E-state index in [0.717, 1.165) is 9.13 Å². The summed E-state index contributed by atoms with van der Waals surface area (Å²) in [6, 6.07) is 10.1. The quantitative estimate of drug-likeness (QED) is 0.209. The number of ether oxygens (including phenoxy) is 1. The minimum absolute atomic E-state index is 0. The molecule has 0 saturated carbocycles. The fraction of sp³-hybridized carbons (Fsp3) is 0.133. The molecule has 2 rings (SSSR count). The Morgan fingerprint density at radius 3 is 2.21 bits per heavy atom. The average molecular weight is 673 g/mol. The van der Waals surface area contributed by atoms with Crippen LogP contribution in [0.3, 0.4) is 0 Å². The molecule has 0 aliphatic heterocycles. The molecule has 0 radical (unpaired) electrons. The third-order valence-electron chi connectivity index (χ3n) is 2.97. The van der Waals surface area contributed by atoms with Crippen molar-refractivity contribution < 1.29 is 49.3 Å². The van der Waals surface area contributed by atoms with Gasteiger partial charge in [0.1, 0.15) is 11.5 Å². The molecule has 0 fully saturated rings. The summed E-state index contributed by atoms with van der Waals surface area (Å²) in [5.41, 5.74) is 6.61. The van der Waals surface area contributed by atoms with E-state index in [-0.39, 0.29) is 41.7 Å². The number of nitrogens with two attached hydrogens (primary N) is 1. The fourth-order valence-electron chi connectivity index (χ4n) is 1.77. The number of carboxylic acids is 1. The van der Waals surface area contributed by atoms with Crippen LogP contribution in [0.1, 0.15) is 5.56 Å². The number of alkyl halides is 1. The SMILES string of the molecule is N[C@](I)(Cc1ccc(Oc2ccc([O-])c(I)c2)cc1I)C(=O)O.[Na+]. The molecule has 0 bridgehead atoms. The molecule has 2 aromatic rings. The number of aliphatic carboxylic acids is 1. The van der Waals surface area contributed by atoms with Crippen LogP contribution >= 0.6 is 67.8 Å². The van der Waals surface area contributed by atoms with E-state index in [1.54, 1.807) is 46.9 Å². The number of hydrogen-bond donors (Lipinski definition) is 2. The maximum Gasteiger partial charge on any atom is 1.00 e. The number of carbonyl (C=O) groups is 1. The summed E-state index contributed by atoms with van der Waals surface area (Å²) in [6.07, 6.45) is 0.213. The molecule has 5 nitrogen and oxygen atoms in total. The first-order chi connectivity index (χ1) is 10.7. The third kappa shape index (κ3) is 6.13. The zero-order valence-electron chi connectivity index (χ0n) is 12.6. The van der Waals surface area contributed by atoms with Gasteiger partial charge in [-0.05, 0) is 97.6 Å². The van der Waals surface area contributed by atoms with E-state index in [2.05, 4.69) is 22.6 Å². The zero-order chi connectivity index (χ0) is 17.2. The van der Waals surface area contributed by atoms with Crippen molar-refractivity contribution in [2.75, 3.05) is 0 Å². The predicted octanol–water partition coefficient (Wildman–Crippen LogP) is 0.483. The Morgan fingerprint density at radius 1 is 1.17 bits per heavy atom. The first kappa shape index (κ1) is 22.7. The van der Waals surface area contributed by atoms with E-state index in [1.165, 1.54) is 6.07 Å². The molecule has 0 heterocycles. The van der Waals surface area contributed by atoms with Gasteiger partial charge in [-0.3, -0.25) is 0 Å². The van der Waals surface area contributed by atoms with Crippen LogP contribution in [0.5, 0.6) is 17.2 Å².